The molecule has 0 saturated heterocycles. The second-order valence-corrected chi connectivity index (χ2v) is 8.32. The topological polar surface area (TPSA) is 128 Å². The number of nitrogens with one attached hydrogen (secondary N) is 1. The number of non-ortho nitro benzene ring substituents is 1. The Kier molecular flexibility index (Phi) is 9.24. The van der Waals surface area contributed by atoms with E-state index in [0.29, 0.717) is 47.0 Å². The van der Waals surface area contributed by atoms with Gasteiger partial charge in [-0.2, -0.15) is 0 Å². The summed E-state index contributed by atoms with van der Waals surface area (Å²) in [6.45, 7) is 2.94. The molecule has 3 rings (SSSR count). The van der Waals surface area contributed by atoms with Crippen molar-refractivity contribution in [2.24, 2.45) is 0 Å². The van der Waals surface area contributed by atoms with Gasteiger partial charge in [0.05, 0.1) is 23.2 Å². The lowest BCUT2D eigenvalue weighted by atomic mass is 10.0. The first-order valence-corrected chi connectivity index (χ1v) is 11.6. The molecule has 188 valence electrons. The van der Waals surface area contributed by atoms with E-state index in [1.807, 2.05) is 12.1 Å². The maximum Gasteiger partial charge on any atom is 0.511 e. The third-order valence-corrected chi connectivity index (χ3v) is 5.47. The molecule has 9 nitrogen and oxygen atoms in total. The van der Waals surface area contributed by atoms with Gasteiger partial charge in [-0.3, -0.25) is 14.9 Å². The standard InChI is InChI=1S/C26H25ClN2O7/c1-2-3-12-35-24-9-8-20(27)15-23(24)25(30)28-11-10-17-4-6-18(7-5-17)19-13-21(29(33)34)16-22(14-19)36-26(31)32/h4-9,13-16H,2-3,10-12H2,1H3,(H,28,30)(H,31,32). The van der Waals surface area contributed by atoms with Crippen LogP contribution in [0.1, 0.15) is 35.7 Å². The molecule has 10 heteroatoms. The number of ether oxygens (including phenoxy) is 2. The summed E-state index contributed by atoms with van der Waals surface area (Å²) < 4.78 is 10.3. The summed E-state index contributed by atoms with van der Waals surface area (Å²) in [6.07, 6.45) is 0.841. The normalized spacial score (nSPS) is 10.5. The lowest BCUT2D eigenvalue weighted by molar-refractivity contribution is -0.384. The van der Waals surface area contributed by atoms with E-state index in [1.54, 1.807) is 30.3 Å². The fourth-order valence-electron chi connectivity index (χ4n) is 3.43. The number of carbonyl (C=O) groups is 2. The van der Waals surface area contributed by atoms with E-state index in [2.05, 4.69) is 17.0 Å². The highest BCUT2D eigenvalue weighted by molar-refractivity contribution is 6.31. The minimum Gasteiger partial charge on any atom is -0.493 e. The maximum absolute atomic E-state index is 12.7. The van der Waals surface area contributed by atoms with Crippen molar-refractivity contribution in [3.05, 3.63) is 86.9 Å². The zero-order valence-electron chi connectivity index (χ0n) is 19.5. The average Bonchev–Trinajstić information content (AvgIpc) is 2.84. The Morgan fingerprint density at radius 1 is 1.06 bits per heavy atom. The zero-order chi connectivity index (χ0) is 26.1. The molecule has 3 aromatic carbocycles. The highest BCUT2D eigenvalue weighted by atomic mass is 35.5. The van der Waals surface area contributed by atoms with Gasteiger partial charge in [0.15, 0.2) is 0 Å². The van der Waals surface area contributed by atoms with Crippen LogP contribution in [0.3, 0.4) is 0 Å². The van der Waals surface area contributed by atoms with Crippen LogP contribution in [0.4, 0.5) is 10.5 Å². The molecule has 0 saturated carbocycles. The van der Waals surface area contributed by atoms with Crippen LogP contribution in [0.2, 0.25) is 5.02 Å². The number of hydrogen-bond donors (Lipinski definition) is 2. The molecule has 36 heavy (non-hydrogen) atoms. The Morgan fingerprint density at radius 3 is 2.47 bits per heavy atom. The largest absolute Gasteiger partial charge is 0.511 e. The van der Waals surface area contributed by atoms with E-state index >= 15 is 0 Å². The molecule has 0 aliphatic heterocycles. The average molecular weight is 513 g/mol. The second-order valence-electron chi connectivity index (χ2n) is 7.89. The van der Waals surface area contributed by atoms with Gasteiger partial charge in [0.25, 0.3) is 11.6 Å². The molecule has 0 aromatic heterocycles. The third-order valence-electron chi connectivity index (χ3n) is 5.24. The predicted octanol–water partition coefficient (Wildman–Crippen LogP) is 6.12. The molecule has 3 aromatic rings. The maximum atomic E-state index is 12.7. The number of nitrogens with zero attached hydrogens (tertiary/aromatic N) is 1. The first kappa shape index (κ1) is 26.5. The van der Waals surface area contributed by atoms with Crippen molar-refractivity contribution in [3.8, 4) is 22.6 Å². The van der Waals surface area contributed by atoms with E-state index < -0.39 is 11.1 Å². The van der Waals surface area contributed by atoms with Crippen molar-refractivity contribution in [3.63, 3.8) is 0 Å². The highest BCUT2D eigenvalue weighted by Crippen LogP contribution is 2.30. The molecule has 1 amide bonds. The summed E-state index contributed by atoms with van der Waals surface area (Å²) in [4.78, 5) is 34.2. The van der Waals surface area contributed by atoms with Crippen LogP contribution >= 0.6 is 11.6 Å². The van der Waals surface area contributed by atoms with E-state index in [4.69, 9.17) is 21.4 Å². The molecule has 0 unspecified atom stereocenters. The Bertz CT molecular complexity index is 1250. The zero-order valence-corrected chi connectivity index (χ0v) is 20.3. The number of amides is 1. The Morgan fingerprint density at radius 2 is 1.81 bits per heavy atom. The van der Waals surface area contributed by atoms with Crippen molar-refractivity contribution < 1.29 is 29.1 Å². The molecule has 0 heterocycles. The van der Waals surface area contributed by atoms with Crippen LogP contribution in [0, 0.1) is 10.1 Å². The van der Waals surface area contributed by atoms with Crippen molar-refractivity contribution in [1.82, 2.24) is 5.32 Å². The quantitative estimate of drug-likeness (QED) is 0.104. The molecule has 0 radical (unpaired) electrons. The summed E-state index contributed by atoms with van der Waals surface area (Å²) in [5.74, 6) is 0.0543. The molecular formula is C26H25ClN2O7. The van der Waals surface area contributed by atoms with Crippen LogP contribution in [0.25, 0.3) is 11.1 Å². The molecule has 0 aliphatic rings. The molecule has 0 aliphatic carbocycles. The highest BCUT2D eigenvalue weighted by Gasteiger charge is 2.15. The minimum absolute atomic E-state index is 0.141. The van der Waals surface area contributed by atoms with Crippen LogP contribution in [-0.4, -0.2) is 35.2 Å². The number of carbonyl (C=O) groups excluding carboxylic acids is 1. The number of unbranched alkanes of at least 4 members (excludes halogenated alkanes) is 1. The molecule has 0 bridgehead atoms. The lowest BCUT2D eigenvalue weighted by Crippen LogP contribution is -2.26. The number of nitro benzene ring substituents is 1. The number of benzene rings is 3. The van der Waals surface area contributed by atoms with Gasteiger partial charge in [-0.05, 0) is 53.8 Å². The van der Waals surface area contributed by atoms with Crippen molar-refractivity contribution in [2.45, 2.75) is 26.2 Å². The molecular weight excluding hydrogens is 488 g/mol. The number of halogens is 1. The van der Waals surface area contributed by atoms with Gasteiger partial charge in [0.1, 0.15) is 11.5 Å². The Hall–Kier alpha value is -4.11. The van der Waals surface area contributed by atoms with E-state index in [0.717, 1.165) is 24.5 Å². The van der Waals surface area contributed by atoms with E-state index in [-0.39, 0.29) is 17.3 Å². The minimum atomic E-state index is -1.56. The van der Waals surface area contributed by atoms with Gasteiger partial charge in [-0.15, -0.1) is 0 Å². The molecule has 2 N–H and O–H groups in total. The van der Waals surface area contributed by atoms with Gasteiger partial charge in [-0.25, -0.2) is 4.79 Å². The van der Waals surface area contributed by atoms with Crippen molar-refractivity contribution in [1.29, 1.82) is 0 Å². The molecule has 0 atom stereocenters. The Labute approximate surface area is 212 Å². The fourth-order valence-corrected chi connectivity index (χ4v) is 3.60. The summed E-state index contributed by atoms with van der Waals surface area (Å²) >= 11 is 6.07. The predicted molar refractivity (Wildman–Crippen MR) is 135 cm³/mol. The van der Waals surface area contributed by atoms with Crippen LogP contribution in [-0.2, 0) is 6.42 Å². The summed E-state index contributed by atoms with van der Waals surface area (Å²) in [5, 5.41) is 23.4. The first-order chi connectivity index (χ1) is 17.3. The third kappa shape index (κ3) is 7.44. The van der Waals surface area contributed by atoms with Crippen molar-refractivity contribution >= 4 is 29.4 Å². The summed E-state index contributed by atoms with van der Waals surface area (Å²) in [5.41, 5.74) is 2.11. The number of hydrogen-bond acceptors (Lipinski definition) is 6. The SMILES string of the molecule is CCCCOc1ccc(Cl)cc1C(=O)NCCc1ccc(-c2cc(OC(=O)O)cc([N+](=O)[O-])c2)cc1. The fraction of sp³-hybridized carbons (Fsp3) is 0.231. The first-order valence-electron chi connectivity index (χ1n) is 11.3. The second kappa shape index (κ2) is 12.6. The Balaban J connectivity index is 1.65. The number of nitro groups is 1. The van der Waals surface area contributed by atoms with Crippen LogP contribution in [0.15, 0.2) is 60.7 Å². The van der Waals surface area contributed by atoms with Gasteiger partial charge in [0, 0.05) is 17.6 Å². The van der Waals surface area contributed by atoms with E-state index in [1.165, 1.54) is 12.1 Å². The summed E-state index contributed by atoms with van der Waals surface area (Å²) in [6, 6.07) is 15.9. The van der Waals surface area contributed by atoms with Gasteiger partial charge in [-0.1, -0.05) is 49.2 Å². The van der Waals surface area contributed by atoms with Gasteiger partial charge >= 0.3 is 6.16 Å². The molecule has 0 fully saturated rings. The smallest absolute Gasteiger partial charge is 0.493 e. The number of rotatable bonds is 11. The van der Waals surface area contributed by atoms with Gasteiger partial charge in [0.2, 0.25) is 0 Å². The van der Waals surface area contributed by atoms with Crippen LogP contribution in [0.5, 0.6) is 11.5 Å². The van der Waals surface area contributed by atoms with E-state index in [9.17, 15) is 19.7 Å². The summed E-state index contributed by atoms with van der Waals surface area (Å²) in [7, 11) is 0. The monoisotopic (exact) mass is 512 g/mol. The van der Waals surface area contributed by atoms with Crippen molar-refractivity contribution in [2.75, 3.05) is 13.2 Å². The lowest BCUT2D eigenvalue weighted by Gasteiger charge is -2.12. The van der Waals surface area contributed by atoms with Crippen LogP contribution < -0.4 is 14.8 Å². The van der Waals surface area contributed by atoms with Gasteiger partial charge < -0.3 is 19.9 Å². The number of carboxylic acid groups (broad SMARTS) is 1. The molecule has 0 spiro atoms.